The Morgan fingerprint density at radius 3 is 2.83 bits per heavy atom. The lowest BCUT2D eigenvalue weighted by Gasteiger charge is -2.15. The van der Waals surface area contributed by atoms with E-state index in [1.807, 2.05) is 24.3 Å². The molecule has 0 saturated heterocycles. The molecule has 1 aromatic rings. The van der Waals surface area contributed by atoms with Crippen molar-refractivity contribution in [2.24, 2.45) is 5.92 Å². The van der Waals surface area contributed by atoms with Crippen molar-refractivity contribution in [3.05, 3.63) is 29.8 Å². The van der Waals surface area contributed by atoms with Crippen LogP contribution in [0.5, 0.6) is 5.75 Å². The summed E-state index contributed by atoms with van der Waals surface area (Å²) in [4.78, 5) is 23.9. The van der Waals surface area contributed by atoms with Gasteiger partial charge < -0.3 is 9.47 Å². The highest BCUT2D eigenvalue weighted by molar-refractivity contribution is 6.02. The number of hydrogen-bond acceptors (Lipinski definition) is 4. The quantitative estimate of drug-likeness (QED) is 0.603. The van der Waals surface area contributed by atoms with Gasteiger partial charge in [-0.2, -0.15) is 0 Å². The van der Waals surface area contributed by atoms with Gasteiger partial charge in [0.1, 0.15) is 18.3 Å². The summed E-state index contributed by atoms with van der Waals surface area (Å²) < 4.78 is 10.1. The Morgan fingerprint density at radius 1 is 1.44 bits per heavy atom. The van der Waals surface area contributed by atoms with Crippen LogP contribution in [0.3, 0.4) is 0 Å². The van der Waals surface area contributed by atoms with E-state index in [1.54, 1.807) is 6.92 Å². The number of carbonyl (C=O) groups is 2. The topological polar surface area (TPSA) is 52.6 Å². The summed E-state index contributed by atoms with van der Waals surface area (Å²) in [6.45, 7) is 2.12. The molecule has 0 amide bonds. The van der Waals surface area contributed by atoms with Crippen LogP contribution in [0, 0.1) is 5.92 Å². The van der Waals surface area contributed by atoms with Gasteiger partial charge in [-0.05, 0) is 12.5 Å². The van der Waals surface area contributed by atoms with Gasteiger partial charge in [0.2, 0.25) is 0 Å². The molecule has 1 aliphatic heterocycles. The fraction of sp³-hybridized carbons (Fsp3) is 0.429. The van der Waals surface area contributed by atoms with Gasteiger partial charge in [-0.1, -0.05) is 25.1 Å². The molecule has 0 saturated carbocycles. The molecule has 1 heterocycles. The van der Waals surface area contributed by atoms with E-state index in [0.29, 0.717) is 13.0 Å². The smallest absolute Gasteiger partial charge is 0.316 e. The number of esters is 1. The first-order valence-electron chi connectivity index (χ1n) is 6.02. The first-order chi connectivity index (χ1) is 8.69. The Balaban J connectivity index is 2.23. The van der Waals surface area contributed by atoms with E-state index in [4.69, 9.17) is 4.74 Å². The Hall–Kier alpha value is -1.84. The van der Waals surface area contributed by atoms with Crippen molar-refractivity contribution in [3.8, 4) is 5.75 Å². The molecular weight excluding hydrogens is 232 g/mol. The van der Waals surface area contributed by atoms with E-state index >= 15 is 0 Å². The standard InChI is InChI=1S/C14H16O4/c1-3-9(14(16)17-2)13(15)11-8-18-12-7-5-4-6-10(11)12/h4-7,9,11H,3,8H2,1-2H3. The second kappa shape index (κ2) is 5.21. The van der Waals surface area contributed by atoms with Crippen LogP contribution < -0.4 is 4.74 Å². The Labute approximate surface area is 106 Å². The van der Waals surface area contributed by atoms with Crippen LogP contribution in [-0.2, 0) is 14.3 Å². The SMILES string of the molecule is CCC(C(=O)OC)C(=O)C1COc2ccccc21. The summed E-state index contributed by atoms with van der Waals surface area (Å²) in [5, 5.41) is 0. The number of ether oxygens (including phenoxy) is 2. The van der Waals surface area contributed by atoms with E-state index in [0.717, 1.165) is 11.3 Å². The minimum Gasteiger partial charge on any atom is -0.492 e. The van der Waals surface area contributed by atoms with Crippen LogP contribution >= 0.6 is 0 Å². The van der Waals surface area contributed by atoms with Crippen molar-refractivity contribution >= 4 is 11.8 Å². The molecule has 2 unspecified atom stereocenters. The highest BCUT2D eigenvalue weighted by atomic mass is 16.5. The lowest BCUT2D eigenvalue weighted by Crippen LogP contribution is -2.30. The average Bonchev–Trinajstić information content (AvgIpc) is 2.82. The van der Waals surface area contributed by atoms with Gasteiger partial charge in [0.05, 0.1) is 13.0 Å². The summed E-state index contributed by atoms with van der Waals surface area (Å²) in [7, 11) is 1.30. The van der Waals surface area contributed by atoms with E-state index in [2.05, 4.69) is 4.74 Å². The second-order valence-electron chi connectivity index (χ2n) is 4.29. The molecule has 1 aliphatic rings. The Bertz CT molecular complexity index is 467. The van der Waals surface area contributed by atoms with Crippen LogP contribution in [-0.4, -0.2) is 25.5 Å². The maximum absolute atomic E-state index is 12.4. The normalized spacial score (nSPS) is 18.7. The van der Waals surface area contributed by atoms with Crippen LogP contribution in [0.25, 0.3) is 0 Å². The minimum atomic E-state index is -0.699. The zero-order chi connectivity index (χ0) is 13.1. The highest BCUT2D eigenvalue weighted by Gasteiger charge is 2.37. The number of rotatable bonds is 4. The molecule has 0 aromatic heterocycles. The van der Waals surface area contributed by atoms with Crippen molar-refractivity contribution in [1.82, 2.24) is 0 Å². The molecule has 0 fully saturated rings. The van der Waals surface area contributed by atoms with Crippen molar-refractivity contribution in [2.75, 3.05) is 13.7 Å². The number of para-hydroxylation sites is 1. The van der Waals surface area contributed by atoms with Crippen LogP contribution in [0.2, 0.25) is 0 Å². The van der Waals surface area contributed by atoms with Gasteiger partial charge in [0, 0.05) is 5.56 Å². The first-order valence-corrected chi connectivity index (χ1v) is 6.02. The molecule has 4 nitrogen and oxygen atoms in total. The molecule has 2 rings (SSSR count). The predicted octanol–water partition coefficient (Wildman–Crippen LogP) is 1.93. The molecule has 1 aromatic carbocycles. The highest BCUT2D eigenvalue weighted by Crippen LogP contribution is 2.35. The number of hydrogen-bond donors (Lipinski definition) is 0. The zero-order valence-corrected chi connectivity index (χ0v) is 10.5. The van der Waals surface area contributed by atoms with Gasteiger partial charge in [-0.25, -0.2) is 0 Å². The number of methoxy groups -OCH3 is 1. The molecule has 2 atom stereocenters. The molecular formula is C14H16O4. The molecule has 0 N–H and O–H groups in total. The van der Waals surface area contributed by atoms with Gasteiger partial charge in [-0.15, -0.1) is 0 Å². The third kappa shape index (κ3) is 2.10. The van der Waals surface area contributed by atoms with Gasteiger partial charge in [0.25, 0.3) is 0 Å². The monoisotopic (exact) mass is 248 g/mol. The lowest BCUT2D eigenvalue weighted by atomic mass is 9.87. The second-order valence-corrected chi connectivity index (χ2v) is 4.29. The molecule has 18 heavy (non-hydrogen) atoms. The molecule has 4 heteroatoms. The summed E-state index contributed by atoms with van der Waals surface area (Å²) in [5.74, 6) is -0.906. The molecule has 96 valence electrons. The van der Waals surface area contributed by atoms with E-state index < -0.39 is 11.9 Å². The van der Waals surface area contributed by atoms with Crippen molar-refractivity contribution in [3.63, 3.8) is 0 Å². The summed E-state index contributed by atoms with van der Waals surface area (Å²) >= 11 is 0. The number of ketones is 1. The van der Waals surface area contributed by atoms with E-state index in [1.165, 1.54) is 7.11 Å². The van der Waals surface area contributed by atoms with Crippen molar-refractivity contribution in [1.29, 1.82) is 0 Å². The molecule has 0 radical (unpaired) electrons. The lowest BCUT2D eigenvalue weighted by molar-refractivity contribution is -0.150. The Kier molecular flexibility index (Phi) is 3.65. The third-order valence-electron chi connectivity index (χ3n) is 3.28. The maximum Gasteiger partial charge on any atom is 0.316 e. The van der Waals surface area contributed by atoms with E-state index in [-0.39, 0.29) is 11.7 Å². The Morgan fingerprint density at radius 2 is 2.17 bits per heavy atom. The van der Waals surface area contributed by atoms with Gasteiger partial charge in [0.15, 0.2) is 5.78 Å². The van der Waals surface area contributed by atoms with Crippen molar-refractivity contribution < 1.29 is 19.1 Å². The van der Waals surface area contributed by atoms with Gasteiger partial charge in [-0.3, -0.25) is 9.59 Å². The molecule has 0 bridgehead atoms. The summed E-state index contributed by atoms with van der Waals surface area (Å²) in [5.41, 5.74) is 0.866. The van der Waals surface area contributed by atoms with E-state index in [9.17, 15) is 9.59 Å². The fourth-order valence-electron chi connectivity index (χ4n) is 2.27. The fourth-order valence-corrected chi connectivity index (χ4v) is 2.27. The summed E-state index contributed by atoms with van der Waals surface area (Å²) in [6.07, 6.45) is 0.449. The van der Waals surface area contributed by atoms with Crippen LogP contribution in [0.15, 0.2) is 24.3 Å². The largest absolute Gasteiger partial charge is 0.492 e. The molecule has 0 aliphatic carbocycles. The number of benzene rings is 1. The zero-order valence-electron chi connectivity index (χ0n) is 10.5. The number of Topliss-reactive ketones (excluding diaryl/α,β-unsaturated/α-hetero) is 1. The maximum atomic E-state index is 12.4. The number of carbonyl (C=O) groups excluding carboxylic acids is 2. The average molecular weight is 248 g/mol. The summed E-state index contributed by atoms with van der Waals surface area (Å²) in [6, 6.07) is 7.44. The van der Waals surface area contributed by atoms with Crippen LogP contribution in [0.1, 0.15) is 24.8 Å². The molecule has 0 spiro atoms. The number of fused-ring (bicyclic) bond motifs is 1. The van der Waals surface area contributed by atoms with Gasteiger partial charge >= 0.3 is 5.97 Å². The third-order valence-corrected chi connectivity index (χ3v) is 3.28. The van der Waals surface area contributed by atoms with Crippen molar-refractivity contribution in [2.45, 2.75) is 19.3 Å². The predicted molar refractivity (Wildman–Crippen MR) is 65.5 cm³/mol. The van der Waals surface area contributed by atoms with Crippen LogP contribution in [0.4, 0.5) is 0 Å². The minimum absolute atomic E-state index is 0.116. The first kappa shape index (κ1) is 12.6.